The Balaban J connectivity index is 1.39. The number of hydrazine groups is 1. The number of hydrogen-bond donors (Lipinski definition) is 3. The van der Waals surface area contributed by atoms with Gasteiger partial charge in [-0.25, -0.2) is 9.59 Å². The first-order valence-electron chi connectivity index (χ1n) is 11.4. The van der Waals surface area contributed by atoms with Gasteiger partial charge in [-0.05, 0) is 44.4 Å². The molecule has 10 heteroatoms. The van der Waals surface area contributed by atoms with Crippen molar-refractivity contribution in [1.82, 2.24) is 26.0 Å². The second-order valence-corrected chi connectivity index (χ2v) is 9.54. The van der Waals surface area contributed by atoms with Crippen LogP contribution in [-0.4, -0.2) is 57.3 Å². The molecule has 2 spiro atoms. The number of amides is 7. The summed E-state index contributed by atoms with van der Waals surface area (Å²) in [5.74, 6) is -1.15. The molecule has 3 N–H and O–H groups in total. The Kier molecular flexibility index (Phi) is 5.65. The summed E-state index contributed by atoms with van der Waals surface area (Å²) in [4.78, 5) is 64.3. The van der Waals surface area contributed by atoms with Crippen LogP contribution >= 0.6 is 0 Å². The summed E-state index contributed by atoms with van der Waals surface area (Å²) in [6, 6.07) is -1.28. The van der Waals surface area contributed by atoms with Gasteiger partial charge in [-0.2, -0.15) is 5.01 Å². The van der Waals surface area contributed by atoms with E-state index < -0.39 is 47.4 Å². The van der Waals surface area contributed by atoms with Crippen molar-refractivity contribution in [2.45, 2.75) is 88.6 Å². The molecule has 0 atom stereocenters. The first-order chi connectivity index (χ1) is 14.8. The lowest BCUT2D eigenvalue weighted by atomic mass is 9.77. The number of nitrogens with zero attached hydrogens (tertiary/aromatic N) is 2. The fraction of sp³-hybridized carbons (Fsp3) is 0.762. The molecule has 2 aliphatic heterocycles. The molecule has 4 fully saturated rings. The Morgan fingerprint density at radius 3 is 2.06 bits per heavy atom. The second-order valence-electron chi connectivity index (χ2n) is 9.54. The zero-order valence-corrected chi connectivity index (χ0v) is 18.0. The molecule has 4 aliphatic rings. The fourth-order valence-electron chi connectivity index (χ4n) is 5.29. The van der Waals surface area contributed by atoms with Crippen molar-refractivity contribution in [3.05, 3.63) is 0 Å². The van der Waals surface area contributed by atoms with Gasteiger partial charge in [0.05, 0.1) is 0 Å². The van der Waals surface area contributed by atoms with Crippen molar-refractivity contribution in [3.63, 3.8) is 0 Å². The van der Waals surface area contributed by atoms with Crippen LogP contribution in [-0.2, 0) is 14.4 Å². The van der Waals surface area contributed by atoms with E-state index in [2.05, 4.69) is 23.0 Å². The van der Waals surface area contributed by atoms with Crippen molar-refractivity contribution >= 4 is 29.8 Å². The summed E-state index contributed by atoms with van der Waals surface area (Å²) in [6.45, 7) is 1.57. The van der Waals surface area contributed by atoms with Crippen LogP contribution in [0.4, 0.5) is 9.59 Å². The predicted molar refractivity (Wildman–Crippen MR) is 109 cm³/mol. The second kappa shape index (κ2) is 8.12. The number of rotatable bonds is 3. The van der Waals surface area contributed by atoms with Gasteiger partial charge < -0.3 is 10.6 Å². The molecule has 0 aromatic carbocycles. The average molecular weight is 434 g/mol. The fourth-order valence-corrected chi connectivity index (χ4v) is 5.29. The summed E-state index contributed by atoms with van der Waals surface area (Å²) in [6.07, 6.45) is 8.64. The van der Waals surface area contributed by atoms with Gasteiger partial charge in [-0.15, -0.1) is 0 Å². The van der Waals surface area contributed by atoms with E-state index in [1.165, 1.54) is 0 Å². The van der Waals surface area contributed by atoms with Crippen LogP contribution in [0.3, 0.4) is 0 Å². The molecule has 10 nitrogen and oxygen atoms in total. The van der Waals surface area contributed by atoms with Gasteiger partial charge in [-0.3, -0.25) is 24.7 Å². The van der Waals surface area contributed by atoms with Crippen LogP contribution in [0.25, 0.3) is 0 Å². The molecule has 0 unspecified atom stereocenters. The summed E-state index contributed by atoms with van der Waals surface area (Å²) in [5, 5.41) is 6.23. The molecule has 170 valence electrons. The molecule has 2 aliphatic carbocycles. The first-order valence-corrected chi connectivity index (χ1v) is 11.4. The van der Waals surface area contributed by atoms with E-state index in [4.69, 9.17) is 0 Å². The minimum Gasteiger partial charge on any atom is -0.323 e. The summed E-state index contributed by atoms with van der Waals surface area (Å²) in [7, 11) is 0. The Hall–Kier alpha value is -2.65. The highest BCUT2D eigenvalue weighted by Gasteiger charge is 2.54. The van der Waals surface area contributed by atoms with Crippen molar-refractivity contribution in [1.29, 1.82) is 0 Å². The van der Waals surface area contributed by atoms with Crippen molar-refractivity contribution in [3.8, 4) is 0 Å². The van der Waals surface area contributed by atoms with E-state index in [-0.39, 0.29) is 0 Å². The average Bonchev–Trinajstić information content (AvgIpc) is 3.08. The Morgan fingerprint density at radius 2 is 1.42 bits per heavy atom. The van der Waals surface area contributed by atoms with Crippen LogP contribution in [0.2, 0.25) is 0 Å². The minimum atomic E-state index is -0.972. The van der Waals surface area contributed by atoms with Crippen LogP contribution in [0.1, 0.15) is 77.6 Å². The zero-order chi connectivity index (χ0) is 22.2. The predicted octanol–water partition coefficient (Wildman–Crippen LogP) is 1.55. The number of imide groups is 2. The van der Waals surface area contributed by atoms with Gasteiger partial charge in [-0.1, -0.05) is 39.0 Å². The topological polar surface area (TPSA) is 128 Å². The maximum atomic E-state index is 13.0. The molecule has 31 heavy (non-hydrogen) atoms. The van der Waals surface area contributed by atoms with E-state index in [1.54, 1.807) is 0 Å². The van der Waals surface area contributed by atoms with Crippen molar-refractivity contribution in [2.75, 3.05) is 6.54 Å². The Labute approximate surface area is 181 Å². The van der Waals surface area contributed by atoms with Crippen molar-refractivity contribution < 1.29 is 24.0 Å². The summed E-state index contributed by atoms with van der Waals surface area (Å²) < 4.78 is 0. The van der Waals surface area contributed by atoms with Crippen LogP contribution in [0.5, 0.6) is 0 Å². The number of carbonyl (C=O) groups is 5. The molecule has 0 aromatic rings. The highest BCUT2D eigenvalue weighted by Crippen LogP contribution is 2.36. The number of urea groups is 2. The normalized spacial score (nSPS) is 30.9. The highest BCUT2D eigenvalue weighted by atomic mass is 16.2. The Bertz CT molecular complexity index is 796. The third kappa shape index (κ3) is 3.87. The third-order valence-electron chi connectivity index (χ3n) is 7.28. The van der Waals surface area contributed by atoms with Crippen molar-refractivity contribution in [2.24, 2.45) is 5.92 Å². The first kappa shape index (κ1) is 21.6. The monoisotopic (exact) mass is 433 g/mol. The molecule has 0 bridgehead atoms. The van der Waals surface area contributed by atoms with Gasteiger partial charge in [0.2, 0.25) is 0 Å². The largest absolute Gasteiger partial charge is 0.344 e. The van der Waals surface area contributed by atoms with E-state index in [0.717, 1.165) is 49.8 Å². The van der Waals surface area contributed by atoms with E-state index in [1.807, 2.05) is 0 Å². The van der Waals surface area contributed by atoms with E-state index >= 15 is 0 Å². The quantitative estimate of drug-likeness (QED) is 0.582. The lowest BCUT2D eigenvalue weighted by Gasteiger charge is -2.33. The molecule has 2 saturated heterocycles. The SMILES string of the molecule is CC1CCC2(CC1)NC(=O)N(NC(=O)CN1C(=O)NC3(CCCCCCC3)C1=O)C2=O. The third-order valence-corrected chi connectivity index (χ3v) is 7.28. The smallest absolute Gasteiger partial charge is 0.323 e. The van der Waals surface area contributed by atoms with Gasteiger partial charge in [0, 0.05) is 0 Å². The van der Waals surface area contributed by atoms with E-state index in [9.17, 15) is 24.0 Å². The molecular weight excluding hydrogens is 402 g/mol. The van der Waals surface area contributed by atoms with Crippen LogP contribution in [0, 0.1) is 5.92 Å². The van der Waals surface area contributed by atoms with Gasteiger partial charge >= 0.3 is 12.1 Å². The van der Waals surface area contributed by atoms with Crippen LogP contribution < -0.4 is 16.1 Å². The highest BCUT2D eigenvalue weighted by molar-refractivity contribution is 6.10. The number of carbonyl (C=O) groups excluding carboxylic acids is 5. The lowest BCUT2D eigenvalue weighted by molar-refractivity contribution is -0.141. The number of hydrogen-bond acceptors (Lipinski definition) is 5. The van der Waals surface area contributed by atoms with Crippen LogP contribution in [0.15, 0.2) is 0 Å². The lowest BCUT2D eigenvalue weighted by Crippen LogP contribution is -2.53. The van der Waals surface area contributed by atoms with Gasteiger partial charge in [0.25, 0.3) is 17.7 Å². The molecular formula is C21H31N5O5. The van der Waals surface area contributed by atoms with Gasteiger partial charge in [0.15, 0.2) is 0 Å². The number of nitrogens with one attached hydrogen (secondary N) is 3. The molecule has 2 heterocycles. The molecule has 0 aromatic heterocycles. The molecule has 4 rings (SSSR count). The molecule has 0 radical (unpaired) electrons. The molecule has 7 amide bonds. The maximum absolute atomic E-state index is 13.0. The summed E-state index contributed by atoms with van der Waals surface area (Å²) >= 11 is 0. The Morgan fingerprint density at radius 1 is 0.871 bits per heavy atom. The summed E-state index contributed by atoms with van der Waals surface area (Å²) in [5.41, 5.74) is 0.387. The minimum absolute atomic E-state index is 0.399. The maximum Gasteiger partial charge on any atom is 0.344 e. The standard InChI is InChI=1S/C21H31N5O5/c1-14-7-11-21(12-8-14)17(29)26(19(31)23-21)24-15(27)13-25-16(28)20(22-18(25)30)9-5-3-2-4-6-10-20/h14H,2-13H2,1H3,(H,22,30)(H,23,31)(H,24,27). The van der Waals surface area contributed by atoms with Gasteiger partial charge in [0.1, 0.15) is 17.6 Å². The van der Waals surface area contributed by atoms with E-state index in [0.29, 0.717) is 36.6 Å². The molecule has 2 saturated carbocycles. The zero-order valence-electron chi connectivity index (χ0n) is 18.0.